The Bertz CT molecular complexity index is 739. The molecule has 24 heavy (non-hydrogen) atoms. The van der Waals surface area contributed by atoms with Crippen LogP contribution in [-0.2, 0) is 9.59 Å². The number of halogens is 3. The number of carbonyl (C=O) groups excluding carboxylic acids is 3. The van der Waals surface area contributed by atoms with E-state index in [1.807, 2.05) is 5.32 Å². The van der Waals surface area contributed by atoms with Crippen molar-refractivity contribution < 1.29 is 42.9 Å². The van der Waals surface area contributed by atoms with Gasteiger partial charge < -0.3 is 35.0 Å². The number of carbonyl (C=O) groups is 3. The molecule has 128 valence electrons. The summed E-state index contributed by atoms with van der Waals surface area (Å²) in [5.74, 6) is -6.91. The fourth-order valence-corrected chi connectivity index (χ4v) is 1.46. The summed E-state index contributed by atoms with van der Waals surface area (Å²) in [5.41, 5.74) is -3.75. The summed E-state index contributed by atoms with van der Waals surface area (Å²) in [7, 11) is 0. The first-order valence-electron chi connectivity index (χ1n) is 5.88. The minimum atomic E-state index is -5.35. The normalized spacial score (nSPS) is 12.6. The van der Waals surface area contributed by atoms with Gasteiger partial charge in [-0.05, 0) is 24.3 Å². The van der Waals surface area contributed by atoms with E-state index in [4.69, 9.17) is 0 Å². The predicted molar refractivity (Wildman–Crippen MR) is 64.4 cm³/mol. The molecule has 0 saturated heterocycles. The quantitative estimate of drug-likeness (QED) is 0.449. The molecule has 1 N–H and O–H groups in total. The third-order valence-electron chi connectivity index (χ3n) is 2.39. The zero-order valence-electron chi connectivity index (χ0n) is 11.4. The van der Waals surface area contributed by atoms with Crippen molar-refractivity contribution in [3.05, 3.63) is 47.3 Å². The van der Waals surface area contributed by atoms with Crippen molar-refractivity contribution in [3.63, 3.8) is 0 Å². The van der Waals surface area contributed by atoms with Gasteiger partial charge in [0.1, 0.15) is 5.82 Å². The summed E-state index contributed by atoms with van der Waals surface area (Å²) in [5, 5.41) is 34.0. The molecule has 0 radical (unpaired) electrons. The molecule has 0 atom stereocenters. The second-order valence-electron chi connectivity index (χ2n) is 4.07. The number of hydrogen-bond donors (Lipinski definition) is 1. The molecule has 0 unspecified atom stereocenters. The van der Waals surface area contributed by atoms with Crippen molar-refractivity contribution in [2.75, 3.05) is 5.32 Å². The molecule has 1 rings (SSSR count). The van der Waals surface area contributed by atoms with Gasteiger partial charge in [0.05, 0.1) is 23.5 Å². The molecule has 0 aliphatic heterocycles. The number of aliphatic carboxylic acids is 2. The second-order valence-corrected chi connectivity index (χ2v) is 4.07. The van der Waals surface area contributed by atoms with Crippen molar-refractivity contribution in [3.8, 4) is 0 Å². The van der Waals surface area contributed by atoms with Gasteiger partial charge in [-0.1, -0.05) is 0 Å². The maximum atomic E-state index is 12.6. The van der Waals surface area contributed by atoms with Gasteiger partial charge in [0.15, 0.2) is 0 Å². The van der Waals surface area contributed by atoms with Crippen molar-refractivity contribution in [1.82, 2.24) is 4.98 Å². The molecular formula is C13H6F3N2O6-3. The highest BCUT2D eigenvalue weighted by molar-refractivity contribution is 5.93. The van der Waals surface area contributed by atoms with Crippen LogP contribution in [0.5, 0.6) is 0 Å². The van der Waals surface area contributed by atoms with Crippen LogP contribution >= 0.6 is 0 Å². The van der Waals surface area contributed by atoms with E-state index in [9.17, 15) is 42.9 Å². The number of carboxylic acid groups (broad SMARTS) is 3. The third-order valence-corrected chi connectivity index (χ3v) is 2.39. The van der Waals surface area contributed by atoms with E-state index in [1.54, 1.807) is 0 Å². The van der Waals surface area contributed by atoms with Gasteiger partial charge in [-0.25, -0.2) is 4.98 Å². The van der Waals surface area contributed by atoms with Crippen molar-refractivity contribution in [2.24, 2.45) is 0 Å². The number of aromatic nitrogens is 1. The van der Waals surface area contributed by atoms with E-state index in [0.717, 1.165) is 12.3 Å². The maximum absolute atomic E-state index is 12.6. The summed E-state index contributed by atoms with van der Waals surface area (Å²) in [6.07, 6.45) is -4.31. The molecule has 0 aromatic carbocycles. The maximum Gasteiger partial charge on any atom is 0.418 e. The van der Waals surface area contributed by atoms with E-state index >= 15 is 0 Å². The Labute approximate surface area is 131 Å². The van der Waals surface area contributed by atoms with Gasteiger partial charge in [0.25, 0.3) is 0 Å². The Hall–Kier alpha value is -3.37. The van der Waals surface area contributed by atoms with Crippen LogP contribution in [0.2, 0.25) is 0 Å². The van der Waals surface area contributed by atoms with Crippen LogP contribution < -0.4 is 20.6 Å². The largest absolute Gasteiger partial charge is 0.545 e. The SMILES string of the molecule is O=C([O-])/C=C(\C=C(/C(=O)[O-])C(F)(F)F)Nc1ncccc1C(=O)[O-]. The number of nitrogens with zero attached hydrogens (tertiary/aromatic N) is 1. The minimum Gasteiger partial charge on any atom is -0.545 e. The molecule has 11 heteroatoms. The zero-order chi connectivity index (χ0) is 18.5. The average molecular weight is 343 g/mol. The van der Waals surface area contributed by atoms with E-state index < -0.39 is 46.7 Å². The lowest BCUT2D eigenvalue weighted by Gasteiger charge is -2.16. The Morgan fingerprint density at radius 1 is 1.12 bits per heavy atom. The lowest BCUT2D eigenvalue weighted by atomic mass is 10.2. The van der Waals surface area contributed by atoms with Crippen LogP contribution in [0.25, 0.3) is 0 Å². The Kier molecular flexibility index (Phi) is 5.65. The number of allylic oxidation sites excluding steroid dienone is 1. The lowest BCUT2D eigenvalue weighted by Crippen LogP contribution is -2.33. The van der Waals surface area contributed by atoms with E-state index in [0.29, 0.717) is 0 Å². The Balaban J connectivity index is 3.39. The zero-order valence-corrected chi connectivity index (χ0v) is 11.4. The number of alkyl halides is 3. The molecule has 1 heterocycles. The third kappa shape index (κ3) is 5.12. The minimum absolute atomic E-state index is 0.0857. The molecule has 0 aliphatic carbocycles. The van der Waals surface area contributed by atoms with Crippen LogP contribution in [0.3, 0.4) is 0 Å². The highest BCUT2D eigenvalue weighted by Crippen LogP contribution is 2.26. The van der Waals surface area contributed by atoms with E-state index in [-0.39, 0.29) is 12.2 Å². The number of rotatable bonds is 6. The van der Waals surface area contributed by atoms with Gasteiger partial charge in [-0.3, -0.25) is 0 Å². The van der Waals surface area contributed by atoms with Crippen LogP contribution in [0.4, 0.5) is 19.0 Å². The van der Waals surface area contributed by atoms with E-state index in [1.165, 1.54) is 6.07 Å². The van der Waals surface area contributed by atoms with Crippen molar-refractivity contribution in [2.45, 2.75) is 6.18 Å². The first-order chi connectivity index (χ1) is 11.0. The van der Waals surface area contributed by atoms with Crippen molar-refractivity contribution in [1.29, 1.82) is 0 Å². The van der Waals surface area contributed by atoms with Gasteiger partial charge >= 0.3 is 6.18 Å². The molecule has 0 fully saturated rings. The second kappa shape index (κ2) is 7.26. The first-order valence-corrected chi connectivity index (χ1v) is 5.88. The van der Waals surface area contributed by atoms with Crippen molar-refractivity contribution >= 4 is 23.7 Å². The number of hydrogen-bond acceptors (Lipinski definition) is 8. The molecule has 0 saturated carbocycles. The van der Waals surface area contributed by atoms with Crippen LogP contribution in [0.15, 0.2) is 41.8 Å². The predicted octanol–water partition coefficient (Wildman–Crippen LogP) is -2.27. The summed E-state index contributed by atoms with van der Waals surface area (Å²) in [6, 6.07) is 2.16. The molecule has 0 aliphatic rings. The number of nitrogens with one attached hydrogen (secondary N) is 1. The standard InChI is InChI=1S/C13H9F3N2O6/c14-13(15,16)8(12(23)24)4-6(5-9(19)20)18-10-7(11(21)22)2-1-3-17-10/h1-5H,(H,17,18)(H,19,20)(H,21,22)(H,23,24)/p-3/b6-5+,8-4+. The highest BCUT2D eigenvalue weighted by atomic mass is 19.4. The van der Waals surface area contributed by atoms with Crippen LogP contribution in [-0.4, -0.2) is 29.1 Å². The number of anilines is 1. The highest BCUT2D eigenvalue weighted by Gasteiger charge is 2.34. The number of aromatic carboxylic acids is 1. The summed E-state index contributed by atoms with van der Waals surface area (Å²) >= 11 is 0. The molecule has 1 aromatic heterocycles. The van der Waals surface area contributed by atoms with Crippen LogP contribution in [0, 0.1) is 0 Å². The fraction of sp³-hybridized carbons (Fsp3) is 0.0769. The Morgan fingerprint density at radius 3 is 2.21 bits per heavy atom. The molecule has 1 aromatic rings. The number of carboxylic acids is 3. The molecule has 0 bridgehead atoms. The summed E-state index contributed by atoms with van der Waals surface area (Å²) in [6.45, 7) is 0. The van der Waals surface area contributed by atoms with Gasteiger partial charge in [0, 0.05) is 17.5 Å². The Morgan fingerprint density at radius 2 is 1.75 bits per heavy atom. The molecular weight excluding hydrogens is 337 g/mol. The smallest absolute Gasteiger partial charge is 0.418 e. The summed E-state index contributed by atoms with van der Waals surface area (Å²) < 4.78 is 37.8. The van der Waals surface area contributed by atoms with Crippen LogP contribution in [0.1, 0.15) is 10.4 Å². The van der Waals surface area contributed by atoms with Gasteiger partial charge in [-0.15, -0.1) is 0 Å². The monoisotopic (exact) mass is 343 g/mol. The topological polar surface area (TPSA) is 145 Å². The average Bonchev–Trinajstić information content (AvgIpc) is 2.42. The lowest BCUT2D eigenvalue weighted by molar-refractivity contribution is -0.304. The fourth-order valence-electron chi connectivity index (χ4n) is 1.46. The molecule has 0 amide bonds. The number of pyridine rings is 1. The molecule has 8 nitrogen and oxygen atoms in total. The van der Waals surface area contributed by atoms with Gasteiger partial charge in [-0.2, -0.15) is 13.2 Å². The molecule has 0 spiro atoms. The summed E-state index contributed by atoms with van der Waals surface area (Å²) in [4.78, 5) is 35.5. The van der Waals surface area contributed by atoms with Gasteiger partial charge in [0.2, 0.25) is 0 Å². The van der Waals surface area contributed by atoms with E-state index in [2.05, 4.69) is 4.98 Å². The first kappa shape index (κ1) is 18.7.